The first-order chi connectivity index (χ1) is 5.63. The topological polar surface area (TPSA) is 37.3 Å². The van der Waals surface area contributed by atoms with E-state index in [2.05, 4.69) is 12.6 Å². The lowest BCUT2D eigenvalue weighted by Crippen LogP contribution is -2.06. The fourth-order valence-electron chi connectivity index (χ4n) is 1.03. The van der Waals surface area contributed by atoms with Crippen LogP contribution in [0.4, 0.5) is 0 Å². The molecule has 0 bridgehead atoms. The predicted molar refractivity (Wildman–Crippen MR) is 50.5 cm³/mol. The van der Waals surface area contributed by atoms with Gasteiger partial charge in [-0.2, -0.15) is 12.6 Å². The second-order valence-corrected chi connectivity index (χ2v) is 3.11. The number of hydrogen-bond acceptors (Lipinski definition) is 2. The van der Waals surface area contributed by atoms with Gasteiger partial charge in [0.15, 0.2) is 0 Å². The maximum Gasteiger partial charge on any atom is 0.320 e. The second-order valence-electron chi connectivity index (χ2n) is 2.60. The molecule has 0 saturated heterocycles. The predicted octanol–water partition coefficient (Wildman–Crippen LogP) is 2.05. The summed E-state index contributed by atoms with van der Waals surface area (Å²) in [6, 6.07) is 7.35. The van der Waals surface area contributed by atoms with Crippen molar-refractivity contribution in [2.24, 2.45) is 0 Å². The molecule has 1 atom stereocenters. The van der Waals surface area contributed by atoms with Crippen molar-refractivity contribution in [2.45, 2.75) is 12.2 Å². The Morgan fingerprint density at radius 3 is 2.58 bits per heavy atom. The van der Waals surface area contributed by atoms with E-state index in [4.69, 9.17) is 5.11 Å². The normalized spacial score (nSPS) is 12.5. The summed E-state index contributed by atoms with van der Waals surface area (Å²) in [6.45, 7) is 1.88. The Kier molecular flexibility index (Phi) is 2.76. The van der Waals surface area contributed by atoms with Crippen molar-refractivity contribution in [3.8, 4) is 0 Å². The van der Waals surface area contributed by atoms with Crippen LogP contribution in [0.1, 0.15) is 16.4 Å². The second kappa shape index (κ2) is 3.63. The number of rotatable bonds is 2. The highest BCUT2D eigenvalue weighted by Gasteiger charge is 2.15. The van der Waals surface area contributed by atoms with Crippen LogP contribution in [0.15, 0.2) is 24.3 Å². The highest BCUT2D eigenvalue weighted by molar-refractivity contribution is 7.81. The van der Waals surface area contributed by atoms with Crippen LogP contribution >= 0.6 is 12.6 Å². The summed E-state index contributed by atoms with van der Waals surface area (Å²) < 4.78 is 0. The van der Waals surface area contributed by atoms with Gasteiger partial charge in [-0.05, 0) is 18.1 Å². The van der Waals surface area contributed by atoms with E-state index in [0.717, 1.165) is 11.1 Å². The summed E-state index contributed by atoms with van der Waals surface area (Å²) >= 11 is 3.98. The molecule has 0 spiro atoms. The molecule has 0 aliphatic carbocycles. The maximum absolute atomic E-state index is 10.6. The van der Waals surface area contributed by atoms with Crippen LogP contribution in [0, 0.1) is 6.92 Å². The minimum Gasteiger partial charge on any atom is -0.480 e. The highest BCUT2D eigenvalue weighted by Crippen LogP contribution is 2.22. The van der Waals surface area contributed by atoms with Crippen LogP contribution < -0.4 is 0 Å². The molecular weight excluding hydrogens is 172 g/mol. The Bertz CT molecular complexity index is 296. The fraction of sp³-hybridized carbons (Fsp3) is 0.222. The van der Waals surface area contributed by atoms with E-state index in [1.165, 1.54) is 0 Å². The molecule has 0 fully saturated rings. The van der Waals surface area contributed by atoms with Crippen molar-refractivity contribution in [3.05, 3.63) is 35.4 Å². The molecule has 0 aliphatic rings. The zero-order chi connectivity index (χ0) is 9.14. The molecule has 0 aromatic heterocycles. The van der Waals surface area contributed by atoms with E-state index in [9.17, 15) is 4.79 Å². The standard InChI is InChI=1S/C9H10O2S/c1-6-4-2-3-5-7(6)8(12)9(10)11/h2-5,8,12H,1H3,(H,10,11). The third-order valence-electron chi connectivity index (χ3n) is 1.72. The summed E-state index contributed by atoms with van der Waals surface area (Å²) in [4.78, 5) is 10.6. The molecule has 0 heterocycles. The van der Waals surface area contributed by atoms with Gasteiger partial charge < -0.3 is 5.11 Å². The Hall–Kier alpha value is -0.960. The number of hydrogen-bond donors (Lipinski definition) is 2. The van der Waals surface area contributed by atoms with Crippen molar-refractivity contribution in [1.29, 1.82) is 0 Å². The quantitative estimate of drug-likeness (QED) is 0.687. The third-order valence-corrected chi connectivity index (χ3v) is 2.22. The summed E-state index contributed by atoms with van der Waals surface area (Å²) in [5.74, 6) is -0.910. The van der Waals surface area contributed by atoms with Gasteiger partial charge in [0.2, 0.25) is 0 Å². The molecule has 1 N–H and O–H groups in total. The molecule has 0 radical (unpaired) electrons. The summed E-state index contributed by atoms with van der Waals surface area (Å²) in [5.41, 5.74) is 1.72. The molecule has 0 saturated carbocycles. The van der Waals surface area contributed by atoms with Gasteiger partial charge in [0.25, 0.3) is 0 Å². The number of thiol groups is 1. The lowest BCUT2D eigenvalue weighted by molar-refractivity contribution is -0.136. The van der Waals surface area contributed by atoms with Crippen molar-refractivity contribution < 1.29 is 9.90 Å². The first kappa shape index (κ1) is 9.13. The molecule has 1 rings (SSSR count). The zero-order valence-electron chi connectivity index (χ0n) is 6.69. The van der Waals surface area contributed by atoms with Crippen LogP contribution in [-0.4, -0.2) is 11.1 Å². The van der Waals surface area contributed by atoms with Crippen molar-refractivity contribution in [2.75, 3.05) is 0 Å². The smallest absolute Gasteiger partial charge is 0.320 e. The Morgan fingerprint density at radius 1 is 1.50 bits per heavy atom. The van der Waals surface area contributed by atoms with E-state index < -0.39 is 11.2 Å². The fourth-order valence-corrected chi connectivity index (χ4v) is 1.32. The number of carbonyl (C=O) groups is 1. The Labute approximate surface area is 76.6 Å². The van der Waals surface area contributed by atoms with Crippen molar-refractivity contribution in [3.63, 3.8) is 0 Å². The van der Waals surface area contributed by atoms with Gasteiger partial charge in [-0.3, -0.25) is 4.79 Å². The summed E-state index contributed by atoms with van der Waals surface area (Å²) in [5, 5.41) is 7.97. The zero-order valence-corrected chi connectivity index (χ0v) is 7.58. The average Bonchev–Trinajstić information content (AvgIpc) is 2.04. The van der Waals surface area contributed by atoms with Gasteiger partial charge in [-0.25, -0.2) is 0 Å². The maximum atomic E-state index is 10.6. The summed E-state index contributed by atoms with van der Waals surface area (Å²) in [7, 11) is 0. The Morgan fingerprint density at radius 2 is 2.08 bits per heavy atom. The van der Waals surface area contributed by atoms with E-state index in [-0.39, 0.29) is 0 Å². The van der Waals surface area contributed by atoms with E-state index >= 15 is 0 Å². The average molecular weight is 182 g/mol. The van der Waals surface area contributed by atoms with Gasteiger partial charge in [-0.1, -0.05) is 24.3 Å². The number of aryl methyl sites for hydroxylation is 1. The Balaban J connectivity index is 3.02. The third kappa shape index (κ3) is 1.80. The van der Waals surface area contributed by atoms with Gasteiger partial charge >= 0.3 is 5.97 Å². The number of aliphatic carboxylic acids is 1. The molecule has 64 valence electrons. The van der Waals surface area contributed by atoms with Crippen LogP contribution in [0.25, 0.3) is 0 Å². The van der Waals surface area contributed by atoms with Gasteiger partial charge in [0, 0.05) is 0 Å². The van der Waals surface area contributed by atoms with E-state index in [1.807, 2.05) is 25.1 Å². The number of benzene rings is 1. The molecule has 3 heteroatoms. The van der Waals surface area contributed by atoms with E-state index in [0.29, 0.717) is 0 Å². The highest BCUT2D eigenvalue weighted by atomic mass is 32.1. The monoisotopic (exact) mass is 182 g/mol. The number of carboxylic acid groups (broad SMARTS) is 1. The molecule has 2 nitrogen and oxygen atoms in total. The molecular formula is C9H10O2S. The molecule has 0 amide bonds. The minimum atomic E-state index is -0.910. The van der Waals surface area contributed by atoms with Gasteiger partial charge in [0.05, 0.1) is 0 Å². The van der Waals surface area contributed by atoms with Gasteiger partial charge in [0.1, 0.15) is 5.25 Å². The minimum absolute atomic E-state index is 0.716. The van der Waals surface area contributed by atoms with Crippen LogP contribution in [0.5, 0.6) is 0 Å². The molecule has 1 aromatic carbocycles. The van der Waals surface area contributed by atoms with E-state index in [1.54, 1.807) is 6.07 Å². The first-order valence-electron chi connectivity index (χ1n) is 3.59. The van der Waals surface area contributed by atoms with Gasteiger partial charge in [-0.15, -0.1) is 0 Å². The van der Waals surface area contributed by atoms with Crippen LogP contribution in [-0.2, 0) is 4.79 Å². The molecule has 1 unspecified atom stereocenters. The number of carboxylic acids is 1. The van der Waals surface area contributed by atoms with Crippen molar-refractivity contribution >= 4 is 18.6 Å². The summed E-state index contributed by atoms with van der Waals surface area (Å²) in [6.07, 6.45) is 0. The molecule has 0 aliphatic heterocycles. The van der Waals surface area contributed by atoms with Crippen LogP contribution in [0.3, 0.4) is 0 Å². The van der Waals surface area contributed by atoms with Crippen LogP contribution in [0.2, 0.25) is 0 Å². The lowest BCUT2D eigenvalue weighted by Gasteiger charge is -2.08. The molecule has 1 aromatic rings. The van der Waals surface area contributed by atoms with Crippen molar-refractivity contribution in [1.82, 2.24) is 0 Å². The largest absolute Gasteiger partial charge is 0.480 e. The molecule has 12 heavy (non-hydrogen) atoms. The first-order valence-corrected chi connectivity index (χ1v) is 4.11. The SMILES string of the molecule is Cc1ccccc1C(S)C(=O)O. The lowest BCUT2D eigenvalue weighted by atomic mass is 10.1.